The van der Waals surface area contributed by atoms with E-state index in [1.165, 1.54) is 0 Å². The number of hydrogen-bond donors (Lipinski definition) is 1. The Morgan fingerprint density at radius 3 is 2.88 bits per heavy atom. The quantitative estimate of drug-likeness (QED) is 0.868. The van der Waals surface area contributed by atoms with Gasteiger partial charge in [-0.1, -0.05) is 12.1 Å². The zero-order valence-electron chi connectivity index (χ0n) is 9.13. The maximum Gasteiger partial charge on any atom is 0.137 e. The molecule has 1 heterocycles. The summed E-state index contributed by atoms with van der Waals surface area (Å²) < 4.78 is 5.56. The average Bonchev–Trinajstić information content (AvgIpc) is 2.37. The summed E-state index contributed by atoms with van der Waals surface area (Å²) in [4.78, 5) is 3.90. The predicted octanol–water partition coefficient (Wildman–Crippen LogP) is 2.11. The van der Waals surface area contributed by atoms with Crippen molar-refractivity contribution < 1.29 is 4.74 Å². The molecule has 2 N–H and O–H groups in total. The highest BCUT2D eigenvalue weighted by Gasteiger charge is 2.02. The number of anilines is 1. The van der Waals surface area contributed by atoms with Crippen LogP contribution in [0.4, 0.5) is 5.82 Å². The highest BCUT2D eigenvalue weighted by atomic mass is 16.5. The Morgan fingerprint density at radius 1 is 1.29 bits per heavy atom. The van der Waals surface area contributed by atoms with E-state index in [4.69, 9.17) is 15.7 Å². The van der Waals surface area contributed by atoms with Gasteiger partial charge in [-0.3, -0.25) is 0 Å². The van der Waals surface area contributed by atoms with Crippen molar-refractivity contribution in [3.05, 3.63) is 53.7 Å². The number of para-hydroxylation sites is 1. The molecule has 84 valence electrons. The Morgan fingerprint density at radius 2 is 2.12 bits per heavy atom. The highest BCUT2D eigenvalue weighted by Crippen LogP contribution is 2.18. The third-order valence-corrected chi connectivity index (χ3v) is 2.25. The largest absolute Gasteiger partial charge is 0.488 e. The molecule has 0 fully saturated rings. The van der Waals surface area contributed by atoms with Gasteiger partial charge in [-0.25, -0.2) is 4.98 Å². The summed E-state index contributed by atoms with van der Waals surface area (Å²) in [6.45, 7) is 0.366. The molecule has 1 aromatic heterocycles. The van der Waals surface area contributed by atoms with Gasteiger partial charge in [0.2, 0.25) is 0 Å². The average molecular weight is 225 g/mol. The molecule has 0 spiro atoms. The Balaban J connectivity index is 2.10. The topological polar surface area (TPSA) is 71.9 Å². The number of ether oxygens (including phenoxy) is 1. The number of pyridine rings is 1. The molecule has 0 radical (unpaired) electrons. The lowest BCUT2D eigenvalue weighted by atomic mass is 10.2. The zero-order valence-corrected chi connectivity index (χ0v) is 9.13. The molecule has 0 aliphatic carbocycles. The van der Waals surface area contributed by atoms with Crippen LogP contribution in [0.3, 0.4) is 0 Å². The molecular weight excluding hydrogens is 214 g/mol. The lowest BCUT2D eigenvalue weighted by Gasteiger charge is -2.07. The first-order valence-corrected chi connectivity index (χ1v) is 5.12. The Labute approximate surface area is 99.3 Å². The minimum absolute atomic E-state index is 0.366. The van der Waals surface area contributed by atoms with Gasteiger partial charge >= 0.3 is 0 Å². The molecule has 4 heteroatoms. The minimum Gasteiger partial charge on any atom is -0.488 e. The van der Waals surface area contributed by atoms with Gasteiger partial charge in [0.15, 0.2) is 0 Å². The van der Waals surface area contributed by atoms with Gasteiger partial charge in [-0.05, 0) is 29.8 Å². The van der Waals surface area contributed by atoms with Gasteiger partial charge < -0.3 is 10.5 Å². The van der Waals surface area contributed by atoms with E-state index < -0.39 is 0 Å². The Bertz CT molecular complexity index is 561. The van der Waals surface area contributed by atoms with Crippen LogP contribution in [0.5, 0.6) is 5.75 Å². The molecule has 0 atom stereocenters. The van der Waals surface area contributed by atoms with E-state index in [2.05, 4.69) is 11.1 Å². The fourth-order valence-electron chi connectivity index (χ4n) is 1.43. The van der Waals surface area contributed by atoms with Crippen LogP contribution in [-0.2, 0) is 6.61 Å². The monoisotopic (exact) mass is 225 g/mol. The number of nitriles is 1. The van der Waals surface area contributed by atoms with Crippen LogP contribution >= 0.6 is 0 Å². The Hall–Kier alpha value is -2.54. The van der Waals surface area contributed by atoms with E-state index in [1.807, 2.05) is 12.1 Å². The summed E-state index contributed by atoms with van der Waals surface area (Å²) in [7, 11) is 0. The van der Waals surface area contributed by atoms with E-state index in [0.29, 0.717) is 23.7 Å². The Kier molecular flexibility index (Phi) is 3.22. The van der Waals surface area contributed by atoms with Crippen molar-refractivity contribution in [2.45, 2.75) is 6.61 Å². The molecule has 1 aromatic carbocycles. The number of benzene rings is 1. The molecule has 4 nitrogen and oxygen atoms in total. The molecule has 0 unspecified atom stereocenters. The summed E-state index contributed by atoms with van der Waals surface area (Å²) >= 11 is 0. The van der Waals surface area contributed by atoms with Crippen LogP contribution in [0.2, 0.25) is 0 Å². The summed E-state index contributed by atoms with van der Waals surface area (Å²) in [5.41, 5.74) is 7.01. The van der Waals surface area contributed by atoms with Gasteiger partial charge in [-0.15, -0.1) is 0 Å². The summed E-state index contributed by atoms with van der Waals surface area (Å²) in [5.74, 6) is 1.03. The highest BCUT2D eigenvalue weighted by molar-refractivity contribution is 5.42. The van der Waals surface area contributed by atoms with Crippen LogP contribution in [0.1, 0.15) is 11.1 Å². The van der Waals surface area contributed by atoms with Crippen molar-refractivity contribution >= 4 is 5.82 Å². The first-order valence-electron chi connectivity index (χ1n) is 5.12. The number of rotatable bonds is 3. The van der Waals surface area contributed by atoms with E-state index in [0.717, 1.165) is 5.56 Å². The second-order valence-electron chi connectivity index (χ2n) is 3.49. The van der Waals surface area contributed by atoms with Crippen molar-refractivity contribution in [3.63, 3.8) is 0 Å². The van der Waals surface area contributed by atoms with Crippen LogP contribution < -0.4 is 10.5 Å². The molecule has 0 saturated carbocycles. The van der Waals surface area contributed by atoms with Crippen molar-refractivity contribution in [2.24, 2.45) is 0 Å². The van der Waals surface area contributed by atoms with Gasteiger partial charge in [0.05, 0.1) is 5.56 Å². The molecule has 2 rings (SSSR count). The smallest absolute Gasteiger partial charge is 0.137 e. The molecular formula is C13H11N3O. The van der Waals surface area contributed by atoms with E-state index >= 15 is 0 Å². The maximum absolute atomic E-state index is 8.90. The lowest BCUT2D eigenvalue weighted by molar-refractivity contribution is 0.305. The molecule has 2 aromatic rings. The van der Waals surface area contributed by atoms with Crippen molar-refractivity contribution in [1.29, 1.82) is 5.26 Å². The van der Waals surface area contributed by atoms with Crippen molar-refractivity contribution in [3.8, 4) is 11.8 Å². The number of nitrogens with two attached hydrogens (primary N) is 1. The minimum atomic E-state index is 0.366. The van der Waals surface area contributed by atoms with Gasteiger partial charge in [0, 0.05) is 6.20 Å². The second-order valence-corrected chi connectivity index (χ2v) is 3.49. The lowest BCUT2D eigenvalue weighted by Crippen LogP contribution is -1.99. The first-order chi connectivity index (χ1) is 8.29. The van der Waals surface area contributed by atoms with Crippen LogP contribution in [0, 0.1) is 11.3 Å². The number of aromatic nitrogens is 1. The maximum atomic E-state index is 8.90. The van der Waals surface area contributed by atoms with Crippen LogP contribution in [0.25, 0.3) is 0 Å². The molecule has 17 heavy (non-hydrogen) atoms. The van der Waals surface area contributed by atoms with Gasteiger partial charge in [0.25, 0.3) is 0 Å². The fraction of sp³-hybridized carbons (Fsp3) is 0.0769. The predicted molar refractivity (Wildman–Crippen MR) is 64.1 cm³/mol. The second kappa shape index (κ2) is 4.99. The van der Waals surface area contributed by atoms with Crippen molar-refractivity contribution in [1.82, 2.24) is 4.98 Å². The molecule has 0 amide bonds. The SMILES string of the molecule is N#Cc1ccccc1OCc1ccnc(N)c1. The van der Waals surface area contributed by atoms with E-state index in [9.17, 15) is 0 Å². The van der Waals surface area contributed by atoms with E-state index in [-0.39, 0.29) is 0 Å². The van der Waals surface area contributed by atoms with Crippen molar-refractivity contribution in [2.75, 3.05) is 5.73 Å². The summed E-state index contributed by atoms with van der Waals surface area (Å²) in [5, 5.41) is 8.90. The fourth-order valence-corrected chi connectivity index (χ4v) is 1.43. The third-order valence-electron chi connectivity index (χ3n) is 2.25. The molecule has 0 saturated heterocycles. The summed E-state index contributed by atoms with van der Waals surface area (Å²) in [6, 6.07) is 12.8. The number of hydrogen-bond acceptors (Lipinski definition) is 4. The number of nitrogens with zero attached hydrogens (tertiary/aromatic N) is 2. The van der Waals surface area contributed by atoms with E-state index in [1.54, 1.807) is 30.5 Å². The standard InChI is InChI=1S/C13H11N3O/c14-8-11-3-1-2-4-12(11)17-9-10-5-6-16-13(15)7-10/h1-7H,9H2,(H2,15,16). The zero-order chi connectivity index (χ0) is 12.1. The number of nitrogen functional groups attached to an aromatic ring is 1. The van der Waals surface area contributed by atoms with Gasteiger partial charge in [-0.2, -0.15) is 5.26 Å². The molecule has 0 bridgehead atoms. The van der Waals surface area contributed by atoms with Gasteiger partial charge in [0.1, 0.15) is 24.2 Å². The first kappa shape index (κ1) is 11.0. The van der Waals surface area contributed by atoms with Crippen LogP contribution in [-0.4, -0.2) is 4.98 Å². The summed E-state index contributed by atoms with van der Waals surface area (Å²) in [6.07, 6.45) is 1.63. The molecule has 0 aliphatic rings. The normalized spacial score (nSPS) is 9.59. The van der Waals surface area contributed by atoms with Crippen LogP contribution in [0.15, 0.2) is 42.6 Å². The molecule has 0 aliphatic heterocycles. The third kappa shape index (κ3) is 2.73.